The topological polar surface area (TPSA) is 83.3 Å². The molecule has 0 saturated heterocycles. The largest absolute Gasteiger partial charge is 1.00 e. The summed E-state index contributed by atoms with van der Waals surface area (Å²) in [5.41, 5.74) is -0.248. The summed E-state index contributed by atoms with van der Waals surface area (Å²) in [5.74, 6) is 0. The van der Waals surface area contributed by atoms with Crippen LogP contribution in [0.15, 0.2) is 27.6 Å². The molecule has 5 nitrogen and oxygen atoms in total. The van der Waals surface area contributed by atoms with Crippen LogP contribution in [0.5, 0.6) is 0 Å². The van der Waals surface area contributed by atoms with Crippen molar-refractivity contribution >= 4 is 32.7 Å². The van der Waals surface area contributed by atoms with Crippen molar-refractivity contribution in [3.63, 3.8) is 0 Å². The van der Waals surface area contributed by atoms with E-state index in [9.17, 15) is 18.9 Å². The van der Waals surface area contributed by atoms with Gasteiger partial charge in [0.15, 0.2) is 0 Å². The maximum atomic E-state index is 10.5. The van der Waals surface area contributed by atoms with E-state index in [-0.39, 0.29) is 40.1 Å². The van der Waals surface area contributed by atoms with Crippen molar-refractivity contribution in [2.75, 3.05) is 0 Å². The standard InChI is InChI=1S/C6H4BrNO4S.Na/c7-5-2-1-4(8(9)10)3-6(5)13(11)12;/h1-3H,(H,11,12);/q;+1/p-1. The van der Waals surface area contributed by atoms with E-state index in [2.05, 4.69) is 15.9 Å². The fourth-order valence-corrected chi connectivity index (χ4v) is 1.82. The van der Waals surface area contributed by atoms with Crippen LogP contribution in [0.1, 0.15) is 0 Å². The van der Waals surface area contributed by atoms with Crippen LogP contribution in [0, 0.1) is 10.1 Å². The molecule has 8 heteroatoms. The van der Waals surface area contributed by atoms with Crippen molar-refractivity contribution in [2.24, 2.45) is 0 Å². The van der Waals surface area contributed by atoms with Crippen molar-refractivity contribution in [3.05, 3.63) is 32.8 Å². The smallest absolute Gasteiger partial charge is 0.768 e. The van der Waals surface area contributed by atoms with Gasteiger partial charge in [0.25, 0.3) is 5.69 Å². The molecule has 0 saturated carbocycles. The van der Waals surface area contributed by atoms with Crippen molar-refractivity contribution in [1.29, 1.82) is 0 Å². The summed E-state index contributed by atoms with van der Waals surface area (Å²) in [6.45, 7) is 0. The Hall–Kier alpha value is 0.210. The molecule has 1 rings (SSSR count). The van der Waals surface area contributed by atoms with E-state index in [1.165, 1.54) is 12.1 Å². The maximum Gasteiger partial charge on any atom is 1.00 e. The molecule has 1 aromatic rings. The van der Waals surface area contributed by atoms with Gasteiger partial charge < -0.3 is 4.55 Å². The van der Waals surface area contributed by atoms with Crippen molar-refractivity contribution in [1.82, 2.24) is 0 Å². The molecule has 14 heavy (non-hydrogen) atoms. The molecule has 1 aromatic carbocycles. The van der Waals surface area contributed by atoms with Gasteiger partial charge in [0.05, 0.1) is 4.92 Å². The average molecular weight is 288 g/mol. The maximum absolute atomic E-state index is 10.5. The fraction of sp³-hybridized carbons (Fsp3) is 0. The first kappa shape index (κ1) is 14.2. The van der Waals surface area contributed by atoms with Crippen LogP contribution in [-0.2, 0) is 11.1 Å². The third-order valence-corrected chi connectivity index (χ3v) is 2.96. The number of hydrogen-bond acceptors (Lipinski definition) is 4. The fourth-order valence-electron chi connectivity index (χ4n) is 0.733. The number of nitro groups is 1. The monoisotopic (exact) mass is 287 g/mol. The van der Waals surface area contributed by atoms with Gasteiger partial charge in [0.2, 0.25) is 0 Å². The number of nitro benzene ring substituents is 1. The Labute approximate surface area is 113 Å². The van der Waals surface area contributed by atoms with Gasteiger partial charge in [0, 0.05) is 21.5 Å². The molecule has 70 valence electrons. The van der Waals surface area contributed by atoms with Gasteiger partial charge in [-0.15, -0.1) is 0 Å². The molecule has 1 atom stereocenters. The van der Waals surface area contributed by atoms with Crippen LogP contribution in [-0.4, -0.2) is 13.7 Å². The van der Waals surface area contributed by atoms with Crippen LogP contribution in [0.4, 0.5) is 5.69 Å². The number of rotatable bonds is 2. The third-order valence-electron chi connectivity index (χ3n) is 1.31. The second-order valence-corrected chi connectivity index (χ2v) is 3.87. The van der Waals surface area contributed by atoms with E-state index < -0.39 is 16.0 Å². The number of non-ortho nitro benzene ring substituents is 1. The van der Waals surface area contributed by atoms with Crippen LogP contribution in [0.25, 0.3) is 0 Å². The van der Waals surface area contributed by atoms with E-state index in [1.54, 1.807) is 0 Å². The first-order chi connectivity index (χ1) is 6.02. The van der Waals surface area contributed by atoms with Crippen molar-refractivity contribution in [2.45, 2.75) is 4.90 Å². The Bertz CT molecular complexity index is 386. The summed E-state index contributed by atoms with van der Waals surface area (Å²) in [5, 5.41) is 10.3. The van der Waals surface area contributed by atoms with Gasteiger partial charge in [-0.2, -0.15) is 0 Å². The summed E-state index contributed by atoms with van der Waals surface area (Å²) in [7, 11) is 0. The predicted octanol–water partition coefficient (Wildman–Crippen LogP) is -1.40. The van der Waals surface area contributed by atoms with Crippen LogP contribution >= 0.6 is 15.9 Å². The molecule has 0 aliphatic heterocycles. The van der Waals surface area contributed by atoms with Crippen molar-refractivity contribution in [3.8, 4) is 0 Å². The first-order valence-electron chi connectivity index (χ1n) is 3.05. The number of benzene rings is 1. The zero-order valence-corrected chi connectivity index (χ0v) is 11.5. The van der Waals surface area contributed by atoms with Gasteiger partial charge in [0.1, 0.15) is 0 Å². The van der Waals surface area contributed by atoms with E-state index in [1.807, 2.05) is 0 Å². The van der Waals surface area contributed by atoms with Gasteiger partial charge in [-0.3, -0.25) is 14.3 Å². The molecule has 0 heterocycles. The molecule has 0 aliphatic carbocycles. The number of hydrogen-bond donors (Lipinski definition) is 0. The summed E-state index contributed by atoms with van der Waals surface area (Å²) in [6.07, 6.45) is 0. The third kappa shape index (κ3) is 3.41. The summed E-state index contributed by atoms with van der Waals surface area (Å²) < 4.78 is 21.4. The molecular weight excluding hydrogens is 285 g/mol. The summed E-state index contributed by atoms with van der Waals surface area (Å²) >= 11 is 0.496. The van der Waals surface area contributed by atoms with E-state index in [0.717, 1.165) is 6.07 Å². The number of halogens is 1. The molecular formula is C6H3BrNNaO4S. The molecule has 0 radical (unpaired) electrons. The van der Waals surface area contributed by atoms with E-state index >= 15 is 0 Å². The van der Waals surface area contributed by atoms with E-state index in [0.29, 0.717) is 4.47 Å². The van der Waals surface area contributed by atoms with E-state index in [4.69, 9.17) is 0 Å². The Kier molecular flexibility index (Phi) is 6.03. The Morgan fingerprint density at radius 2 is 2.00 bits per heavy atom. The zero-order valence-electron chi connectivity index (χ0n) is 7.10. The molecule has 0 aliphatic rings. The minimum absolute atomic E-state index is 0. The Morgan fingerprint density at radius 3 is 2.43 bits per heavy atom. The van der Waals surface area contributed by atoms with Gasteiger partial charge >= 0.3 is 29.6 Å². The Morgan fingerprint density at radius 1 is 1.43 bits per heavy atom. The quantitative estimate of drug-likeness (QED) is 0.290. The minimum Gasteiger partial charge on any atom is -0.768 e. The second kappa shape index (κ2) is 5.94. The first-order valence-corrected chi connectivity index (χ1v) is 4.92. The molecule has 0 fully saturated rings. The minimum atomic E-state index is -2.47. The molecule has 0 aromatic heterocycles. The molecule has 0 N–H and O–H groups in total. The van der Waals surface area contributed by atoms with Crippen LogP contribution in [0.3, 0.4) is 0 Å². The van der Waals surface area contributed by atoms with Crippen LogP contribution < -0.4 is 29.6 Å². The SMILES string of the molecule is O=[N+]([O-])c1ccc(Br)c(S(=O)[O-])c1.[Na+]. The molecule has 0 spiro atoms. The normalized spacial score (nSPS) is 11.6. The summed E-state index contributed by atoms with van der Waals surface area (Å²) in [4.78, 5) is 9.51. The van der Waals surface area contributed by atoms with Crippen LogP contribution in [0.2, 0.25) is 0 Å². The van der Waals surface area contributed by atoms with Gasteiger partial charge in [-0.1, -0.05) is 0 Å². The van der Waals surface area contributed by atoms with Gasteiger partial charge in [-0.05, 0) is 33.1 Å². The molecule has 0 bridgehead atoms. The molecule has 1 unspecified atom stereocenters. The van der Waals surface area contributed by atoms with Gasteiger partial charge in [-0.25, -0.2) is 0 Å². The second-order valence-electron chi connectivity index (χ2n) is 2.11. The van der Waals surface area contributed by atoms with Crippen molar-refractivity contribution < 1.29 is 43.2 Å². The zero-order chi connectivity index (χ0) is 10.0. The summed E-state index contributed by atoms with van der Waals surface area (Å²) in [6, 6.07) is 3.54. The predicted molar refractivity (Wildman–Crippen MR) is 48.0 cm³/mol. The number of nitrogens with zero attached hydrogens (tertiary/aromatic N) is 1. The average Bonchev–Trinajstić information content (AvgIpc) is 2.04. The molecule has 0 amide bonds. The Balaban J connectivity index is 0.00000169.